The van der Waals surface area contributed by atoms with Crippen molar-refractivity contribution < 1.29 is 9.47 Å². The molecular weight excluding hydrogens is 372 g/mol. The van der Waals surface area contributed by atoms with Gasteiger partial charge in [-0.3, -0.25) is 0 Å². The maximum atomic E-state index is 5.90. The SMILES string of the molecule is COc1cccc(OCc2cccc(-c3nc4c5ccsc5ncn4n3)c2)c1. The average Bonchev–Trinajstić information content (AvgIpc) is 3.39. The first kappa shape index (κ1) is 16.7. The van der Waals surface area contributed by atoms with E-state index in [1.54, 1.807) is 29.3 Å². The first-order chi connectivity index (χ1) is 13.8. The fourth-order valence-electron chi connectivity index (χ4n) is 3.05. The highest BCUT2D eigenvalue weighted by Crippen LogP contribution is 2.25. The maximum absolute atomic E-state index is 5.90. The lowest BCUT2D eigenvalue weighted by Crippen LogP contribution is -1.96. The number of methoxy groups -OCH3 is 1. The quantitative estimate of drug-likeness (QED) is 0.441. The van der Waals surface area contributed by atoms with Crippen LogP contribution in [-0.4, -0.2) is 26.7 Å². The average molecular weight is 388 g/mol. The van der Waals surface area contributed by atoms with E-state index in [1.807, 2.05) is 60.0 Å². The van der Waals surface area contributed by atoms with Gasteiger partial charge in [-0.15, -0.1) is 16.4 Å². The summed E-state index contributed by atoms with van der Waals surface area (Å²) in [6, 6.07) is 17.7. The second kappa shape index (κ2) is 6.94. The second-order valence-electron chi connectivity index (χ2n) is 6.26. The van der Waals surface area contributed by atoms with E-state index in [4.69, 9.17) is 14.5 Å². The maximum Gasteiger partial charge on any atom is 0.182 e. The zero-order chi connectivity index (χ0) is 18.9. The summed E-state index contributed by atoms with van der Waals surface area (Å²) in [5.41, 5.74) is 2.80. The van der Waals surface area contributed by atoms with Gasteiger partial charge in [0.25, 0.3) is 0 Å². The number of aromatic nitrogens is 4. The number of benzene rings is 2. The van der Waals surface area contributed by atoms with Gasteiger partial charge in [-0.25, -0.2) is 14.5 Å². The molecule has 0 amide bonds. The first-order valence-electron chi connectivity index (χ1n) is 8.75. The first-order valence-corrected chi connectivity index (χ1v) is 9.63. The number of rotatable bonds is 5. The van der Waals surface area contributed by atoms with Gasteiger partial charge >= 0.3 is 0 Å². The molecule has 7 heteroatoms. The second-order valence-corrected chi connectivity index (χ2v) is 7.15. The van der Waals surface area contributed by atoms with Crippen LogP contribution in [0.25, 0.3) is 27.3 Å². The number of thiophene rings is 1. The number of hydrogen-bond donors (Lipinski definition) is 0. The largest absolute Gasteiger partial charge is 0.497 e. The third-order valence-corrected chi connectivity index (χ3v) is 5.25. The van der Waals surface area contributed by atoms with E-state index in [-0.39, 0.29) is 0 Å². The van der Waals surface area contributed by atoms with E-state index >= 15 is 0 Å². The molecule has 5 rings (SSSR count). The van der Waals surface area contributed by atoms with Crippen molar-refractivity contribution in [1.29, 1.82) is 0 Å². The topological polar surface area (TPSA) is 61.5 Å². The standard InChI is InChI=1S/C21H16N4O2S/c1-26-16-6-3-7-17(11-16)27-12-14-4-2-5-15(10-14)19-23-20-18-8-9-28-21(18)22-13-25(20)24-19/h2-11,13H,12H2,1H3. The van der Waals surface area contributed by atoms with Crippen LogP contribution in [0.3, 0.4) is 0 Å². The molecular formula is C21H16N4O2S. The molecule has 0 fully saturated rings. The lowest BCUT2D eigenvalue weighted by Gasteiger charge is -2.08. The van der Waals surface area contributed by atoms with Gasteiger partial charge in [0.2, 0.25) is 0 Å². The summed E-state index contributed by atoms with van der Waals surface area (Å²) in [7, 11) is 1.64. The zero-order valence-electron chi connectivity index (χ0n) is 15.1. The predicted octanol–water partition coefficient (Wildman–Crippen LogP) is 4.59. The van der Waals surface area contributed by atoms with Crippen molar-refractivity contribution in [2.75, 3.05) is 7.11 Å². The van der Waals surface area contributed by atoms with E-state index in [0.717, 1.165) is 38.5 Å². The lowest BCUT2D eigenvalue weighted by molar-refractivity contribution is 0.303. The van der Waals surface area contributed by atoms with Crippen LogP contribution < -0.4 is 9.47 Å². The fourth-order valence-corrected chi connectivity index (χ4v) is 3.77. The van der Waals surface area contributed by atoms with Crippen LogP contribution >= 0.6 is 11.3 Å². The molecule has 138 valence electrons. The summed E-state index contributed by atoms with van der Waals surface area (Å²) in [4.78, 5) is 10.1. The minimum absolute atomic E-state index is 0.449. The number of ether oxygens (including phenoxy) is 2. The third-order valence-electron chi connectivity index (χ3n) is 4.43. The van der Waals surface area contributed by atoms with Gasteiger partial charge in [0.15, 0.2) is 11.5 Å². The van der Waals surface area contributed by atoms with Crippen molar-refractivity contribution in [3.05, 3.63) is 71.9 Å². The Bertz CT molecular complexity index is 1280. The molecule has 28 heavy (non-hydrogen) atoms. The van der Waals surface area contributed by atoms with Gasteiger partial charge in [0.1, 0.15) is 29.3 Å². The molecule has 0 unspecified atom stereocenters. The zero-order valence-corrected chi connectivity index (χ0v) is 15.9. The van der Waals surface area contributed by atoms with Crippen molar-refractivity contribution in [3.8, 4) is 22.9 Å². The highest BCUT2D eigenvalue weighted by atomic mass is 32.1. The monoisotopic (exact) mass is 388 g/mol. The molecule has 2 aromatic carbocycles. The molecule has 0 saturated heterocycles. The van der Waals surface area contributed by atoms with Gasteiger partial charge in [-0.2, -0.15) is 0 Å². The summed E-state index contributed by atoms with van der Waals surface area (Å²) in [6.07, 6.45) is 1.71. The molecule has 0 bridgehead atoms. The summed E-state index contributed by atoms with van der Waals surface area (Å²) < 4.78 is 12.9. The van der Waals surface area contributed by atoms with Crippen LogP contribution in [-0.2, 0) is 6.61 Å². The third kappa shape index (κ3) is 3.05. The highest BCUT2D eigenvalue weighted by molar-refractivity contribution is 7.16. The molecule has 0 saturated carbocycles. The van der Waals surface area contributed by atoms with Crippen LogP contribution in [0.5, 0.6) is 11.5 Å². The van der Waals surface area contributed by atoms with Crippen LogP contribution in [0.4, 0.5) is 0 Å². The van der Waals surface area contributed by atoms with Crippen molar-refractivity contribution in [2.45, 2.75) is 6.61 Å². The molecule has 3 aromatic heterocycles. The molecule has 5 aromatic rings. The predicted molar refractivity (Wildman–Crippen MR) is 109 cm³/mol. The van der Waals surface area contributed by atoms with E-state index in [0.29, 0.717) is 12.4 Å². The minimum Gasteiger partial charge on any atom is -0.497 e. The van der Waals surface area contributed by atoms with Crippen LogP contribution in [0.15, 0.2) is 66.3 Å². The molecule has 0 N–H and O–H groups in total. The summed E-state index contributed by atoms with van der Waals surface area (Å²) in [5.74, 6) is 2.21. The molecule has 0 aliphatic carbocycles. The van der Waals surface area contributed by atoms with Crippen LogP contribution in [0.2, 0.25) is 0 Å². The fraction of sp³-hybridized carbons (Fsp3) is 0.0952. The molecule has 0 atom stereocenters. The van der Waals surface area contributed by atoms with Gasteiger partial charge in [-0.1, -0.05) is 24.3 Å². The lowest BCUT2D eigenvalue weighted by atomic mass is 10.1. The Morgan fingerprint density at radius 2 is 1.93 bits per heavy atom. The smallest absolute Gasteiger partial charge is 0.182 e. The Hall–Kier alpha value is -3.45. The Morgan fingerprint density at radius 1 is 1.04 bits per heavy atom. The van der Waals surface area contributed by atoms with Crippen molar-refractivity contribution in [1.82, 2.24) is 19.6 Å². The minimum atomic E-state index is 0.449. The van der Waals surface area contributed by atoms with Gasteiger partial charge in [0.05, 0.1) is 12.5 Å². The molecule has 0 radical (unpaired) electrons. The van der Waals surface area contributed by atoms with Crippen LogP contribution in [0.1, 0.15) is 5.56 Å². The molecule has 0 aliphatic heterocycles. The molecule has 0 aliphatic rings. The van der Waals surface area contributed by atoms with Gasteiger partial charge in [-0.05, 0) is 35.2 Å². The van der Waals surface area contributed by atoms with Gasteiger partial charge < -0.3 is 9.47 Å². The van der Waals surface area contributed by atoms with E-state index in [1.165, 1.54) is 0 Å². The normalized spacial score (nSPS) is 11.2. The van der Waals surface area contributed by atoms with E-state index in [9.17, 15) is 0 Å². The summed E-state index contributed by atoms with van der Waals surface area (Å²) in [5, 5.41) is 7.62. The molecule has 0 spiro atoms. The Balaban J connectivity index is 1.43. The van der Waals surface area contributed by atoms with E-state index in [2.05, 4.69) is 10.1 Å². The van der Waals surface area contributed by atoms with Crippen molar-refractivity contribution in [3.63, 3.8) is 0 Å². The van der Waals surface area contributed by atoms with E-state index < -0.39 is 0 Å². The van der Waals surface area contributed by atoms with Crippen molar-refractivity contribution >= 4 is 27.2 Å². The van der Waals surface area contributed by atoms with Crippen molar-refractivity contribution in [2.24, 2.45) is 0 Å². The van der Waals surface area contributed by atoms with Crippen LogP contribution in [0, 0.1) is 0 Å². The highest BCUT2D eigenvalue weighted by Gasteiger charge is 2.11. The Kier molecular flexibility index (Phi) is 4.14. The molecule has 6 nitrogen and oxygen atoms in total. The number of hydrogen-bond acceptors (Lipinski definition) is 6. The summed E-state index contributed by atoms with van der Waals surface area (Å²) >= 11 is 1.60. The van der Waals surface area contributed by atoms with Gasteiger partial charge in [0, 0.05) is 11.6 Å². The summed E-state index contributed by atoms with van der Waals surface area (Å²) in [6.45, 7) is 0.449. The Labute approximate surface area is 165 Å². The Morgan fingerprint density at radius 3 is 2.86 bits per heavy atom. The number of fused-ring (bicyclic) bond motifs is 3. The molecule has 3 heterocycles. The number of nitrogens with zero attached hydrogens (tertiary/aromatic N) is 4.